The summed E-state index contributed by atoms with van der Waals surface area (Å²) in [5, 5.41) is 76.0. The molecule has 25 nitrogen and oxygen atoms in total. The number of aliphatic carboxylic acids is 6. The Morgan fingerprint density at radius 3 is 1.49 bits per heavy atom. The van der Waals surface area contributed by atoms with Gasteiger partial charge in [0.1, 0.15) is 0 Å². The van der Waals surface area contributed by atoms with Gasteiger partial charge in [-0.1, -0.05) is 0 Å². The second kappa shape index (κ2) is 29.7. The molecule has 8 bridgehead atoms. The van der Waals surface area contributed by atoms with Crippen LogP contribution in [-0.4, -0.2) is 179 Å². The molecule has 27 heteroatoms. The molecule has 3 aromatic rings. The Labute approximate surface area is 491 Å². The van der Waals surface area contributed by atoms with Gasteiger partial charge >= 0.3 is 352 Å². The summed E-state index contributed by atoms with van der Waals surface area (Å²) >= 11 is -3.49. The van der Waals surface area contributed by atoms with Crippen LogP contribution >= 0.6 is 0 Å². The second-order valence-electron chi connectivity index (χ2n) is 23.3. The Kier molecular flexibility index (Phi) is 25.2. The van der Waals surface area contributed by atoms with Crippen LogP contribution in [-0.2, 0) is 49.5 Å². The van der Waals surface area contributed by atoms with Gasteiger partial charge in [0.25, 0.3) is 0 Å². The quantitative estimate of drug-likeness (QED) is 0.0248. The Balaban J connectivity index is 0.000000585. The third kappa shape index (κ3) is 19.8. The normalized spacial score (nSPS) is 15.9. The Morgan fingerprint density at radius 2 is 1.05 bits per heavy atom. The monoisotopic (exact) mass is 1300 g/mol. The first kappa shape index (κ1) is 71.3. The maximum atomic E-state index is 14.4. The number of hydrogen-bond acceptors (Lipinski definition) is 15. The molecule has 2 amide bonds. The number of nitrogens with one attached hydrogen (secondary N) is 4. The van der Waals surface area contributed by atoms with Crippen molar-refractivity contribution in [2.45, 2.75) is 172 Å². The number of ether oxygens (including phenoxy) is 1. The fourth-order valence-electron chi connectivity index (χ4n) is 9.78. The van der Waals surface area contributed by atoms with Gasteiger partial charge in [-0.3, -0.25) is 24.0 Å². The number of carboxylic acid groups (broad SMARTS) is 6. The van der Waals surface area contributed by atoms with Crippen LogP contribution in [0.5, 0.6) is 0 Å². The third-order valence-corrected chi connectivity index (χ3v) is 21.0. The zero-order valence-corrected chi connectivity index (χ0v) is 53.6. The van der Waals surface area contributed by atoms with Crippen molar-refractivity contribution >= 4 is 109 Å². The number of esters is 1. The second-order valence-corrected chi connectivity index (χ2v) is 44.4. The van der Waals surface area contributed by atoms with E-state index >= 15 is 0 Å². The first-order chi connectivity index (χ1) is 38.7. The van der Waals surface area contributed by atoms with Crippen molar-refractivity contribution in [1.29, 1.82) is 0 Å². The van der Waals surface area contributed by atoms with Crippen molar-refractivity contribution in [2.75, 3.05) is 20.2 Å². The van der Waals surface area contributed by atoms with Crippen LogP contribution in [0.15, 0.2) is 18.2 Å². The van der Waals surface area contributed by atoms with Gasteiger partial charge in [0.2, 0.25) is 0 Å². The predicted octanol–water partition coefficient (Wildman–Crippen LogP) is 6.84. The molecule has 0 saturated heterocycles. The van der Waals surface area contributed by atoms with Gasteiger partial charge in [-0.05, 0) is 13.8 Å². The molecule has 4 atom stereocenters. The van der Waals surface area contributed by atoms with Crippen LogP contribution in [0.2, 0.25) is 44.7 Å². The molecule has 2 aliphatic rings. The van der Waals surface area contributed by atoms with Crippen molar-refractivity contribution in [3.8, 4) is 0 Å². The zero-order chi connectivity index (χ0) is 64.1. The summed E-state index contributed by atoms with van der Waals surface area (Å²) in [4.78, 5) is 133. The minimum atomic E-state index is -2.74. The number of nitrogens with zero attached hydrogens (tertiary/aromatic N) is 2. The van der Waals surface area contributed by atoms with Gasteiger partial charge < -0.3 is 40.9 Å². The average Bonchev–Trinajstić information content (AvgIpc) is 2.97. The van der Waals surface area contributed by atoms with Crippen LogP contribution in [0.1, 0.15) is 156 Å². The molecule has 0 aliphatic carbocycles. The first-order valence-electron chi connectivity index (χ1n) is 27.0. The van der Waals surface area contributed by atoms with E-state index in [0.29, 0.717) is 52.9 Å². The van der Waals surface area contributed by atoms with Gasteiger partial charge in [-0.25, -0.2) is 9.59 Å². The molecule has 0 unspecified atom stereocenters. The van der Waals surface area contributed by atoms with E-state index in [2.05, 4.69) is 75.6 Å². The number of aromatic amines is 2. The molecular weight excluding hydrogens is 1220 g/mol. The summed E-state index contributed by atoms with van der Waals surface area (Å²) in [5.41, 5.74) is 17.6. The molecule has 84 heavy (non-hydrogen) atoms. The average molecular weight is 1310 g/mol. The molecular formula is C57H82As2N6O19+2. The number of ketones is 1. The largest absolute Gasteiger partial charge is 0.481 e. The maximum absolute atomic E-state index is 14.4. The van der Waals surface area contributed by atoms with Crippen molar-refractivity contribution in [1.82, 2.24) is 30.6 Å². The molecule has 0 radical (unpaired) electrons. The van der Waals surface area contributed by atoms with Gasteiger partial charge in [0.05, 0.1) is 31.2 Å². The predicted molar refractivity (Wildman–Crippen MR) is 314 cm³/mol. The van der Waals surface area contributed by atoms with Gasteiger partial charge in [-0.15, -0.1) is 0 Å². The Bertz CT molecular complexity index is 3110. The van der Waals surface area contributed by atoms with Crippen LogP contribution in [0, 0.1) is 13.8 Å². The fourth-order valence-corrected chi connectivity index (χ4v) is 13.1. The molecule has 0 aromatic carbocycles. The topological polar surface area (TPSA) is 423 Å². The van der Waals surface area contributed by atoms with Crippen LogP contribution < -0.4 is 10.6 Å². The number of aliphatic hydroxyl groups is 2. The molecule has 0 spiro atoms. The van der Waals surface area contributed by atoms with Crippen LogP contribution in [0.25, 0.3) is 22.1 Å². The number of carbonyl (C=O) groups is 10. The summed E-state index contributed by atoms with van der Waals surface area (Å²) in [7, 11) is 1.36. The van der Waals surface area contributed by atoms with E-state index in [1.807, 2.05) is 32.0 Å². The maximum Gasteiger partial charge on any atom is 0.336 e. The number of carbonyl (C=O) groups excluding carboxylic acids is 4. The minimum absolute atomic E-state index is 0.0173. The summed E-state index contributed by atoms with van der Waals surface area (Å²) in [6.45, 7) is 13.1. The number of aryl methyl sites for hydroxylation is 2. The van der Waals surface area contributed by atoms with Crippen molar-refractivity contribution in [2.24, 2.45) is 0 Å². The van der Waals surface area contributed by atoms with E-state index in [0.717, 1.165) is 56.1 Å². The smallest absolute Gasteiger partial charge is 0.336 e. The number of rotatable bonds is 24. The van der Waals surface area contributed by atoms with E-state index in [1.54, 1.807) is 6.92 Å². The van der Waals surface area contributed by atoms with Crippen molar-refractivity contribution in [3.05, 3.63) is 68.8 Å². The molecule has 12 N–H and O–H groups in total. The first-order valence-corrected chi connectivity index (χ1v) is 40.9. The van der Waals surface area contributed by atoms with Gasteiger partial charge in [0.15, 0.2) is 17.0 Å². The molecule has 462 valence electrons. The van der Waals surface area contributed by atoms with Gasteiger partial charge in [0, 0.05) is 5.56 Å². The molecule has 5 rings (SSSR count). The number of fused-ring (bicyclic) bond motifs is 8. The summed E-state index contributed by atoms with van der Waals surface area (Å²) in [5.74, 6) is -11.0. The van der Waals surface area contributed by atoms with Crippen LogP contribution in [0.4, 0.5) is 0 Å². The number of aromatic nitrogens is 4. The standard InChI is InChI=1S/C45H64As2N6O5.2C6H8O7/c1-14-30-25(2)33-24-38-41(29(6)54)27(4)35(51-38)22-34-26(3)31(15-16-39(55)48-19-17-46(7,8)9)43(52-34)32(21-40(56)58-13)44-42(45(57)49-20-18-47(10,11)12)28(5)36(53-44)23-37(30)50-33;2*7-3(8)1-6(13,5(11)12)2-4(9)10/h22-26,30-31H,14-21H2,1-13H3,(H2-2,48,49,50,51,52,53,54,55,57);2*13H,1-2H2,(H,7,8)(H,9,10)(H,11,12)/p+2/t25-,26+,30-,31+;;/m1../s1. The van der Waals surface area contributed by atoms with Crippen LogP contribution in [0.3, 0.4) is 0 Å². The van der Waals surface area contributed by atoms with E-state index in [-0.39, 0.29) is 54.1 Å². The number of carboxylic acids is 6. The summed E-state index contributed by atoms with van der Waals surface area (Å²) in [6.07, 6.45) is -3.11. The summed E-state index contributed by atoms with van der Waals surface area (Å²) < 4.78 is 5.29. The summed E-state index contributed by atoms with van der Waals surface area (Å²) in [6, 6.07) is 6.05. The number of H-pyrrole nitrogens is 2. The van der Waals surface area contributed by atoms with Gasteiger partial charge in [-0.2, -0.15) is 0 Å². The van der Waals surface area contributed by atoms with E-state index in [1.165, 1.54) is 7.11 Å². The van der Waals surface area contributed by atoms with E-state index < -0.39 is 106 Å². The number of methoxy groups -OCH3 is 1. The van der Waals surface area contributed by atoms with Crippen molar-refractivity contribution < 1.29 is 93.5 Å². The molecule has 3 aromatic heterocycles. The number of hydrogen-bond donors (Lipinski definition) is 12. The number of Topliss-reactive ketones (excluding diaryl/α,β-unsaturated/α-hetero) is 1. The fraction of sp³-hybridized carbons (Fsp3) is 0.544. The Morgan fingerprint density at radius 1 is 0.619 bits per heavy atom. The molecule has 0 fully saturated rings. The van der Waals surface area contributed by atoms with E-state index in [4.69, 9.17) is 55.6 Å². The number of amides is 2. The third-order valence-electron chi connectivity index (χ3n) is 14.5. The molecule has 5 heterocycles. The molecule has 2 aliphatic heterocycles. The van der Waals surface area contributed by atoms with E-state index in [9.17, 15) is 47.9 Å². The Hall–Kier alpha value is -6.94. The molecule has 0 saturated carbocycles. The SMILES string of the molecule is CC[C@H]1c2cc3[nH]c(c(CC(=O)OC)c4nc(cc5[nH]c(cc(n2)[C@@H]1C)c(C(C)=O)c5C)[C@@H](C)[C@@H]4CCC(=O)NCC[As+](C)(C)C)c(C(=O)NCC[As+](C)(C)C)c3C.O=C(O)CC(O)(CC(=O)O)C(=O)O.O=C(O)CC(O)(CC(=O)O)C(=O)O. The van der Waals surface area contributed by atoms with Crippen molar-refractivity contribution in [3.63, 3.8) is 0 Å². The minimum Gasteiger partial charge on any atom is -0.481 e. The zero-order valence-electron chi connectivity index (χ0n) is 49.9.